The van der Waals surface area contributed by atoms with E-state index in [1.165, 1.54) is 5.56 Å². The van der Waals surface area contributed by atoms with Crippen LogP contribution in [0.2, 0.25) is 0 Å². The zero-order valence-electron chi connectivity index (χ0n) is 15.0. The van der Waals surface area contributed by atoms with Crippen molar-refractivity contribution in [3.8, 4) is 5.75 Å². The van der Waals surface area contributed by atoms with E-state index in [1.54, 1.807) is 0 Å². The van der Waals surface area contributed by atoms with Gasteiger partial charge in [-0.05, 0) is 77.2 Å². The van der Waals surface area contributed by atoms with Crippen LogP contribution in [-0.2, 0) is 11.2 Å². The third kappa shape index (κ3) is 7.10. The van der Waals surface area contributed by atoms with E-state index in [1.807, 2.05) is 26.0 Å². The second kappa shape index (κ2) is 10.6. The highest BCUT2D eigenvalue weighted by Crippen LogP contribution is 2.16. The Kier molecular flexibility index (Phi) is 9.16. The number of halogens is 1. The molecule has 1 aromatic carbocycles. The highest BCUT2D eigenvalue weighted by molar-refractivity contribution is 5.85. The maximum Gasteiger partial charge on any atom is 0.223 e. The quantitative estimate of drug-likeness (QED) is 0.789. The monoisotopic (exact) mass is 354 g/mol. The number of benzene rings is 1. The molecule has 1 aromatic rings. The summed E-state index contributed by atoms with van der Waals surface area (Å²) >= 11 is 0. The molecule has 1 aliphatic heterocycles. The Morgan fingerprint density at radius 2 is 1.83 bits per heavy atom. The standard InChI is InChI=1S/C19H30N2O2.ClH/c1-14(2)23-18-8-6-16(7-9-18)5-4-15(3)21-19(22)17-10-12-20-13-11-17;/h6-9,14-15,17,20H,4-5,10-13H2,1-3H3,(H,21,22);1H. The van der Waals surface area contributed by atoms with Crippen LogP contribution < -0.4 is 15.4 Å². The minimum atomic E-state index is 0. The van der Waals surface area contributed by atoms with Crippen LogP contribution >= 0.6 is 12.4 Å². The van der Waals surface area contributed by atoms with Gasteiger partial charge in [0.05, 0.1) is 6.10 Å². The lowest BCUT2D eigenvalue weighted by atomic mass is 9.96. The van der Waals surface area contributed by atoms with Crippen LogP contribution in [0.15, 0.2) is 24.3 Å². The predicted molar refractivity (Wildman–Crippen MR) is 101 cm³/mol. The average molecular weight is 355 g/mol. The van der Waals surface area contributed by atoms with E-state index in [-0.39, 0.29) is 36.4 Å². The molecule has 1 aliphatic rings. The van der Waals surface area contributed by atoms with Crippen molar-refractivity contribution in [2.24, 2.45) is 5.92 Å². The molecule has 0 aliphatic carbocycles. The molecule has 5 heteroatoms. The highest BCUT2D eigenvalue weighted by atomic mass is 35.5. The van der Waals surface area contributed by atoms with Crippen LogP contribution in [0.1, 0.15) is 45.6 Å². The van der Waals surface area contributed by atoms with Gasteiger partial charge in [0.15, 0.2) is 0 Å². The summed E-state index contributed by atoms with van der Waals surface area (Å²) in [4.78, 5) is 12.2. The lowest BCUT2D eigenvalue weighted by Gasteiger charge is -2.24. The fourth-order valence-electron chi connectivity index (χ4n) is 2.91. The molecule has 1 heterocycles. The first-order valence-electron chi connectivity index (χ1n) is 8.81. The molecule has 1 amide bonds. The molecular formula is C19H31ClN2O2. The highest BCUT2D eigenvalue weighted by Gasteiger charge is 2.21. The molecule has 136 valence electrons. The fraction of sp³-hybridized carbons (Fsp3) is 0.632. The van der Waals surface area contributed by atoms with Crippen molar-refractivity contribution in [1.82, 2.24) is 10.6 Å². The summed E-state index contributed by atoms with van der Waals surface area (Å²) in [5.41, 5.74) is 1.28. The third-order valence-electron chi connectivity index (χ3n) is 4.26. The fourth-order valence-corrected chi connectivity index (χ4v) is 2.91. The molecule has 2 rings (SSSR count). The normalized spacial score (nSPS) is 16.3. The minimum Gasteiger partial charge on any atom is -0.491 e. The molecule has 1 unspecified atom stereocenters. The van der Waals surface area contributed by atoms with Gasteiger partial charge < -0.3 is 15.4 Å². The minimum absolute atomic E-state index is 0. The van der Waals surface area contributed by atoms with Crippen molar-refractivity contribution in [3.63, 3.8) is 0 Å². The Balaban J connectivity index is 0.00000288. The Hall–Kier alpha value is -1.26. The van der Waals surface area contributed by atoms with Gasteiger partial charge in [0.1, 0.15) is 5.75 Å². The molecule has 0 radical (unpaired) electrons. The maximum absolute atomic E-state index is 12.2. The summed E-state index contributed by atoms with van der Waals surface area (Å²) in [5.74, 6) is 1.32. The van der Waals surface area contributed by atoms with Gasteiger partial charge in [0.2, 0.25) is 5.91 Å². The van der Waals surface area contributed by atoms with Gasteiger partial charge in [-0.25, -0.2) is 0 Å². The first-order valence-corrected chi connectivity index (χ1v) is 8.81. The number of aryl methyl sites for hydroxylation is 1. The number of carbonyl (C=O) groups excluding carboxylic acids is 1. The summed E-state index contributed by atoms with van der Waals surface area (Å²) in [6.45, 7) is 8.06. The zero-order chi connectivity index (χ0) is 16.7. The summed E-state index contributed by atoms with van der Waals surface area (Å²) in [7, 11) is 0. The number of hydrogen-bond donors (Lipinski definition) is 2. The molecule has 1 fully saturated rings. The molecule has 2 N–H and O–H groups in total. The molecule has 0 aromatic heterocycles. The second-order valence-corrected chi connectivity index (χ2v) is 6.78. The molecule has 1 atom stereocenters. The predicted octanol–water partition coefficient (Wildman–Crippen LogP) is 3.33. The Bertz CT molecular complexity index is 485. The summed E-state index contributed by atoms with van der Waals surface area (Å²) in [6.07, 6.45) is 4.04. The lowest BCUT2D eigenvalue weighted by Crippen LogP contribution is -2.41. The molecule has 1 saturated heterocycles. The molecule has 24 heavy (non-hydrogen) atoms. The SMILES string of the molecule is CC(CCc1ccc(OC(C)C)cc1)NC(=O)C1CCNCC1.Cl. The van der Waals surface area contributed by atoms with Crippen molar-refractivity contribution in [2.75, 3.05) is 13.1 Å². The van der Waals surface area contributed by atoms with Crippen LogP contribution in [0.25, 0.3) is 0 Å². The largest absolute Gasteiger partial charge is 0.491 e. The second-order valence-electron chi connectivity index (χ2n) is 6.78. The first-order chi connectivity index (χ1) is 11.0. The van der Waals surface area contributed by atoms with E-state index in [2.05, 4.69) is 29.7 Å². The van der Waals surface area contributed by atoms with Gasteiger partial charge in [-0.15, -0.1) is 12.4 Å². The molecule has 0 spiro atoms. The maximum atomic E-state index is 12.2. The van der Waals surface area contributed by atoms with Gasteiger partial charge in [-0.2, -0.15) is 0 Å². The summed E-state index contributed by atoms with van der Waals surface area (Å²) in [5, 5.41) is 6.46. The third-order valence-corrected chi connectivity index (χ3v) is 4.26. The smallest absolute Gasteiger partial charge is 0.223 e. The van der Waals surface area contributed by atoms with E-state index in [0.29, 0.717) is 0 Å². The number of rotatable bonds is 7. The Morgan fingerprint density at radius 1 is 1.21 bits per heavy atom. The van der Waals surface area contributed by atoms with E-state index in [9.17, 15) is 4.79 Å². The van der Waals surface area contributed by atoms with Crippen molar-refractivity contribution >= 4 is 18.3 Å². The van der Waals surface area contributed by atoms with Crippen LogP contribution in [-0.4, -0.2) is 31.1 Å². The number of carbonyl (C=O) groups is 1. The molecule has 0 saturated carbocycles. The van der Waals surface area contributed by atoms with Gasteiger partial charge in [0.25, 0.3) is 0 Å². The number of ether oxygens (including phenoxy) is 1. The van der Waals surface area contributed by atoms with Crippen molar-refractivity contribution in [1.29, 1.82) is 0 Å². The van der Waals surface area contributed by atoms with Crippen molar-refractivity contribution in [3.05, 3.63) is 29.8 Å². The molecule has 0 bridgehead atoms. The summed E-state index contributed by atoms with van der Waals surface area (Å²) in [6, 6.07) is 8.48. The average Bonchev–Trinajstić information content (AvgIpc) is 2.54. The van der Waals surface area contributed by atoms with Crippen LogP contribution in [0.3, 0.4) is 0 Å². The van der Waals surface area contributed by atoms with Gasteiger partial charge in [-0.3, -0.25) is 4.79 Å². The van der Waals surface area contributed by atoms with E-state index in [0.717, 1.165) is 44.5 Å². The first kappa shape index (κ1) is 20.8. The number of piperidine rings is 1. The number of amides is 1. The van der Waals surface area contributed by atoms with Crippen molar-refractivity contribution < 1.29 is 9.53 Å². The lowest BCUT2D eigenvalue weighted by molar-refractivity contribution is -0.126. The van der Waals surface area contributed by atoms with Crippen molar-refractivity contribution in [2.45, 2.75) is 58.6 Å². The zero-order valence-corrected chi connectivity index (χ0v) is 15.8. The van der Waals surface area contributed by atoms with Gasteiger partial charge in [0, 0.05) is 12.0 Å². The van der Waals surface area contributed by atoms with Crippen LogP contribution in [0.4, 0.5) is 0 Å². The van der Waals surface area contributed by atoms with Crippen LogP contribution in [0.5, 0.6) is 5.75 Å². The topological polar surface area (TPSA) is 50.4 Å². The van der Waals surface area contributed by atoms with Crippen LogP contribution in [0, 0.1) is 5.92 Å². The number of nitrogens with one attached hydrogen (secondary N) is 2. The molecule has 4 nitrogen and oxygen atoms in total. The van der Waals surface area contributed by atoms with E-state index >= 15 is 0 Å². The van der Waals surface area contributed by atoms with Gasteiger partial charge >= 0.3 is 0 Å². The Morgan fingerprint density at radius 3 is 2.42 bits per heavy atom. The van der Waals surface area contributed by atoms with E-state index in [4.69, 9.17) is 4.74 Å². The summed E-state index contributed by atoms with van der Waals surface area (Å²) < 4.78 is 5.65. The Labute approximate surface area is 152 Å². The molecular weight excluding hydrogens is 324 g/mol. The van der Waals surface area contributed by atoms with Gasteiger partial charge in [-0.1, -0.05) is 12.1 Å². The van der Waals surface area contributed by atoms with E-state index < -0.39 is 0 Å². The number of hydrogen-bond acceptors (Lipinski definition) is 3.